The summed E-state index contributed by atoms with van der Waals surface area (Å²) in [6.45, 7) is 6.05. The quantitative estimate of drug-likeness (QED) is 0.899. The molecule has 2 heterocycles. The third kappa shape index (κ3) is 3.31. The van der Waals surface area contributed by atoms with Gasteiger partial charge in [-0.05, 0) is 31.0 Å². The number of aromatic nitrogens is 1. The van der Waals surface area contributed by atoms with Gasteiger partial charge in [0.05, 0.1) is 7.11 Å². The van der Waals surface area contributed by atoms with E-state index in [0.29, 0.717) is 5.88 Å². The minimum Gasteiger partial charge on any atom is -0.481 e. The van der Waals surface area contributed by atoms with Crippen LogP contribution in [0.25, 0.3) is 0 Å². The second-order valence-corrected chi connectivity index (χ2v) is 5.71. The highest BCUT2D eigenvalue weighted by atomic mass is 32.1. The first-order valence-corrected chi connectivity index (χ1v) is 6.76. The number of hydrogen-bond donors (Lipinski definition) is 1. The maximum Gasteiger partial charge on any atom is 0.212 e. The summed E-state index contributed by atoms with van der Waals surface area (Å²) in [5, 5.41) is 3.44. The largest absolute Gasteiger partial charge is 0.481 e. The summed E-state index contributed by atoms with van der Waals surface area (Å²) in [4.78, 5) is 6.95. The molecule has 1 N–H and O–H groups in total. The van der Waals surface area contributed by atoms with Gasteiger partial charge in [0.15, 0.2) is 0 Å². The van der Waals surface area contributed by atoms with Gasteiger partial charge in [-0.25, -0.2) is 4.98 Å². The van der Waals surface area contributed by atoms with Crippen molar-refractivity contribution in [1.82, 2.24) is 10.3 Å². The first-order chi connectivity index (χ1) is 8.69. The van der Waals surface area contributed by atoms with Gasteiger partial charge < -0.3 is 10.1 Å². The molecule has 0 aliphatic carbocycles. The maximum absolute atomic E-state index is 5.03. The van der Waals surface area contributed by atoms with Crippen LogP contribution in [-0.4, -0.2) is 12.1 Å². The van der Waals surface area contributed by atoms with Crippen molar-refractivity contribution in [2.45, 2.75) is 26.9 Å². The second-order valence-electron chi connectivity index (χ2n) is 4.25. The minimum absolute atomic E-state index is 0.656. The van der Waals surface area contributed by atoms with E-state index < -0.39 is 0 Å². The molecule has 4 heteroatoms. The monoisotopic (exact) mass is 262 g/mol. The number of hydrogen-bond acceptors (Lipinski definition) is 4. The van der Waals surface area contributed by atoms with Gasteiger partial charge in [-0.15, -0.1) is 11.3 Å². The van der Waals surface area contributed by atoms with Crippen molar-refractivity contribution < 1.29 is 4.74 Å². The average molecular weight is 262 g/mol. The summed E-state index contributed by atoms with van der Waals surface area (Å²) in [6.07, 6.45) is 1.84. The predicted molar refractivity (Wildman–Crippen MR) is 75.1 cm³/mol. The van der Waals surface area contributed by atoms with Crippen LogP contribution in [0.15, 0.2) is 24.4 Å². The standard InChI is InChI=1S/C14H18N2OS/c1-10-6-13(11(2)18-10)9-15-7-12-4-5-14(17-3)16-8-12/h4-6,8,15H,7,9H2,1-3H3. The van der Waals surface area contributed by atoms with Crippen LogP contribution in [0.4, 0.5) is 0 Å². The van der Waals surface area contributed by atoms with E-state index in [-0.39, 0.29) is 0 Å². The normalized spacial score (nSPS) is 10.6. The zero-order chi connectivity index (χ0) is 13.0. The van der Waals surface area contributed by atoms with Crippen molar-refractivity contribution in [2.24, 2.45) is 0 Å². The summed E-state index contributed by atoms with van der Waals surface area (Å²) in [7, 11) is 1.63. The van der Waals surface area contributed by atoms with Crippen molar-refractivity contribution in [1.29, 1.82) is 0 Å². The molecular formula is C14H18N2OS. The molecule has 2 aromatic rings. The van der Waals surface area contributed by atoms with Crippen LogP contribution in [0.5, 0.6) is 5.88 Å². The van der Waals surface area contributed by atoms with E-state index in [2.05, 4.69) is 30.2 Å². The zero-order valence-corrected chi connectivity index (χ0v) is 11.8. The number of methoxy groups -OCH3 is 1. The lowest BCUT2D eigenvalue weighted by molar-refractivity contribution is 0.397. The third-order valence-electron chi connectivity index (χ3n) is 2.80. The average Bonchev–Trinajstić information content (AvgIpc) is 2.69. The smallest absolute Gasteiger partial charge is 0.212 e. The lowest BCUT2D eigenvalue weighted by Gasteiger charge is -2.05. The Kier molecular flexibility index (Phi) is 4.33. The van der Waals surface area contributed by atoms with Gasteiger partial charge in [0.2, 0.25) is 5.88 Å². The first kappa shape index (κ1) is 13.1. The molecule has 0 aliphatic heterocycles. The number of ether oxygens (including phenoxy) is 1. The van der Waals surface area contributed by atoms with Crippen LogP contribution in [0.2, 0.25) is 0 Å². The molecule has 0 atom stereocenters. The summed E-state index contributed by atoms with van der Waals surface area (Å²) < 4.78 is 5.03. The van der Waals surface area contributed by atoms with Crippen LogP contribution >= 0.6 is 11.3 Å². The molecule has 0 aliphatic rings. The van der Waals surface area contributed by atoms with Crippen molar-refractivity contribution in [3.63, 3.8) is 0 Å². The van der Waals surface area contributed by atoms with Crippen LogP contribution in [0.3, 0.4) is 0 Å². The molecule has 0 bridgehead atoms. The molecule has 2 aromatic heterocycles. The third-order valence-corrected chi connectivity index (χ3v) is 3.80. The van der Waals surface area contributed by atoms with E-state index in [1.807, 2.05) is 29.7 Å². The molecule has 0 amide bonds. The van der Waals surface area contributed by atoms with Crippen LogP contribution in [0, 0.1) is 13.8 Å². The first-order valence-electron chi connectivity index (χ1n) is 5.94. The van der Waals surface area contributed by atoms with Gasteiger partial charge in [0.25, 0.3) is 0 Å². The molecule has 0 aromatic carbocycles. The molecule has 0 spiro atoms. The zero-order valence-electron chi connectivity index (χ0n) is 11.0. The number of thiophene rings is 1. The molecule has 0 radical (unpaired) electrons. The Morgan fingerprint density at radius 3 is 2.67 bits per heavy atom. The van der Waals surface area contributed by atoms with E-state index in [1.165, 1.54) is 20.9 Å². The minimum atomic E-state index is 0.656. The molecule has 2 rings (SSSR count). The summed E-state index contributed by atoms with van der Waals surface area (Å²) >= 11 is 1.85. The van der Waals surface area contributed by atoms with Crippen LogP contribution < -0.4 is 10.1 Å². The number of rotatable bonds is 5. The SMILES string of the molecule is COc1ccc(CNCc2cc(C)sc2C)cn1. The molecule has 3 nitrogen and oxygen atoms in total. The Hall–Kier alpha value is -1.39. The Morgan fingerprint density at radius 1 is 1.28 bits per heavy atom. The molecule has 0 unspecified atom stereocenters. The summed E-state index contributed by atoms with van der Waals surface area (Å²) in [6, 6.07) is 6.17. The molecule has 0 saturated heterocycles. The van der Waals surface area contributed by atoms with Crippen molar-refractivity contribution in [2.75, 3.05) is 7.11 Å². The fourth-order valence-corrected chi connectivity index (χ4v) is 2.78. The highest BCUT2D eigenvalue weighted by molar-refractivity contribution is 7.12. The van der Waals surface area contributed by atoms with Gasteiger partial charge in [-0.3, -0.25) is 0 Å². The second kappa shape index (κ2) is 5.98. The van der Waals surface area contributed by atoms with Crippen molar-refractivity contribution in [3.05, 3.63) is 45.3 Å². The molecule has 0 saturated carbocycles. The lowest BCUT2D eigenvalue weighted by atomic mass is 10.2. The Morgan fingerprint density at radius 2 is 2.11 bits per heavy atom. The fourth-order valence-electron chi connectivity index (χ4n) is 1.84. The number of pyridine rings is 1. The fraction of sp³-hybridized carbons (Fsp3) is 0.357. The predicted octanol–water partition coefficient (Wildman–Crippen LogP) is 3.06. The van der Waals surface area contributed by atoms with Crippen molar-refractivity contribution in [3.8, 4) is 5.88 Å². The van der Waals surface area contributed by atoms with Gasteiger partial charge in [0, 0.05) is 35.1 Å². The highest BCUT2D eigenvalue weighted by Gasteiger charge is 2.02. The van der Waals surface area contributed by atoms with Crippen LogP contribution in [0.1, 0.15) is 20.9 Å². The molecule has 0 fully saturated rings. The summed E-state index contributed by atoms with van der Waals surface area (Å²) in [5.74, 6) is 0.656. The maximum atomic E-state index is 5.03. The van der Waals surface area contributed by atoms with E-state index in [0.717, 1.165) is 13.1 Å². The Bertz CT molecular complexity index is 505. The number of nitrogens with zero attached hydrogens (tertiary/aromatic N) is 1. The van der Waals surface area contributed by atoms with E-state index in [1.54, 1.807) is 7.11 Å². The highest BCUT2D eigenvalue weighted by Crippen LogP contribution is 2.20. The Labute approximate surface area is 112 Å². The number of aryl methyl sites for hydroxylation is 2. The van der Waals surface area contributed by atoms with E-state index in [4.69, 9.17) is 4.74 Å². The lowest BCUT2D eigenvalue weighted by Crippen LogP contribution is -2.12. The van der Waals surface area contributed by atoms with Gasteiger partial charge in [-0.1, -0.05) is 6.07 Å². The van der Waals surface area contributed by atoms with Gasteiger partial charge >= 0.3 is 0 Å². The van der Waals surface area contributed by atoms with Gasteiger partial charge in [-0.2, -0.15) is 0 Å². The Balaban J connectivity index is 1.86. The summed E-state index contributed by atoms with van der Waals surface area (Å²) in [5.41, 5.74) is 2.55. The van der Waals surface area contributed by atoms with Crippen LogP contribution in [-0.2, 0) is 13.1 Å². The van der Waals surface area contributed by atoms with Gasteiger partial charge in [0.1, 0.15) is 0 Å². The molecular weight excluding hydrogens is 244 g/mol. The molecule has 96 valence electrons. The molecule has 18 heavy (non-hydrogen) atoms. The topological polar surface area (TPSA) is 34.1 Å². The van der Waals surface area contributed by atoms with Crippen molar-refractivity contribution >= 4 is 11.3 Å². The van der Waals surface area contributed by atoms with E-state index >= 15 is 0 Å². The van der Waals surface area contributed by atoms with E-state index in [9.17, 15) is 0 Å². The number of nitrogens with one attached hydrogen (secondary N) is 1.